The van der Waals surface area contributed by atoms with Crippen LogP contribution in [0.3, 0.4) is 0 Å². The van der Waals surface area contributed by atoms with E-state index in [1.807, 2.05) is 0 Å². The minimum Gasteiger partial charge on any atom is -0.406 e. The normalized spacial score (nSPS) is 17.0. The molecule has 2 amide bonds. The third kappa shape index (κ3) is 6.81. The summed E-state index contributed by atoms with van der Waals surface area (Å²) in [6.07, 6.45) is -4.93. The van der Waals surface area contributed by atoms with Crippen molar-refractivity contribution >= 4 is 21.8 Å². The minimum atomic E-state index is -4.93. The van der Waals surface area contributed by atoms with Crippen molar-refractivity contribution in [2.75, 3.05) is 19.6 Å². The summed E-state index contributed by atoms with van der Waals surface area (Å²) in [5.41, 5.74) is 0.819. The SMILES string of the molecule is CC(=O)N1CCN(S(=O)(=O)c2ccc(OC(F)(F)F)cc2)[C@@H](C(=O)NCc2ccc(C(C)(C)C#N)cc2)C1. The van der Waals surface area contributed by atoms with Gasteiger partial charge in [0.1, 0.15) is 11.8 Å². The van der Waals surface area contributed by atoms with Gasteiger partial charge in [0.2, 0.25) is 21.8 Å². The number of alkyl halides is 3. The number of hydrogen-bond acceptors (Lipinski definition) is 6. The van der Waals surface area contributed by atoms with Crippen LogP contribution in [-0.4, -0.2) is 61.5 Å². The number of carbonyl (C=O) groups is 2. The van der Waals surface area contributed by atoms with Gasteiger partial charge in [0.25, 0.3) is 0 Å². The van der Waals surface area contributed by atoms with Gasteiger partial charge in [-0.05, 0) is 49.2 Å². The predicted octanol–water partition coefficient (Wildman–Crippen LogP) is 2.92. The molecule has 0 radical (unpaired) electrons. The molecular formula is C25H27F3N4O5S. The Balaban J connectivity index is 1.80. The van der Waals surface area contributed by atoms with Crippen LogP contribution in [0.25, 0.3) is 0 Å². The van der Waals surface area contributed by atoms with Crippen molar-refractivity contribution in [1.29, 1.82) is 5.26 Å². The summed E-state index contributed by atoms with van der Waals surface area (Å²) in [7, 11) is -4.31. The first-order valence-electron chi connectivity index (χ1n) is 11.6. The van der Waals surface area contributed by atoms with E-state index in [1.54, 1.807) is 38.1 Å². The second kappa shape index (κ2) is 11.0. The van der Waals surface area contributed by atoms with Gasteiger partial charge in [-0.1, -0.05) is 24.3 Å². The molecule has 0 unspecified atom stereocenters. The number of piperazine rings is 1. The van der Waals surface area contributed by atoms with Gasteiger partial charge in [-0.3, -0.25) is 9.59 Å². The average Bonchev–Trinajstić information content (AvgIpc) is 2.86. The van der Waals surface area contributed by atoms with Crippen LogP contribution in [-0.2, 0) is 31.6 Å². The quantitative estimate of drug-likeness (QED) is 0.564. The van der Waals surface area contributed by atoms with E-state index in [9.17, 15) is 36.4 Å². The van der Waals surface area contributed by atoms with Crippen molar-refractivity contribution in [3.05, 3.63) is 59.7 Å². The van der Waals surface area contributed by atoms with Gasteiger partial charge in [0, 0.05) is 33.1 Å². The molecular weight excluding hydrogens is 525 g/mol. The topological polar surface area (TPSA) is 120 Å². The molecule has 1 aliphatic rings. The van der Waals surface area contributed by atoms with Crippen LogP contribution in [0.1, 0.15) is 31.9 Å². The van der Waals surface area contributed by atoms with Gasteiger partial charge < -0.3 is 15.0 Å². The molecule has 9 nitrogen and oxygen atoms in total. The summed E-state index contributed by atoms with van der Waals surface area (Å²) in [5.74, 6) is -1.56. The van der Waals surface area contributed by atoms with Crippen LogP contribution in [0, 0.1) is 11.3 Å². The average molecular weight is 553 g/mol. The van der Waals surface area contributed by atoms with Gasteiger partial charge in [0.05, 0.1) is 16.4 Å². The van der Waals surface area contributed by atoms with E-state index >= 15 is 0 Å². The molecule has 1 fully saturated rings. The number of amides is 2. The Morgan fingerprint density at radius 2 is 1.68 bits per heavy atom. The zero-order valence-corrected chi connectivity index (χ0v) is 21.8. The Kier molecular flexibility index (Phi) is 8.38. The number of nitrogens with zero attached hydrogens (tertiary/aromatic N) is 3. The molecule has 204 valence electrons. The van der Waals surface area contributed by atoms with Crippen molar-refractivity contribution in [1.82, 2.24) is 14.5 Å². The van der Waals surface area contributed by atoms with Crippen LogP contribution >= 0.6 is 0 Å². The molecule has 0 aromatic heterocycles. The number of benzene rings is 2. The fourth-order valence-electron chi connectivity index (χ4n) is 3.91. The van der Waals surface area contributed by atoms with E-state index in [1.165, 1.54) is 11.8 Å². The van der Waals surface area contributed by atoms with Crippen molar-refractivity contribution in [3.63, 3.8) is 0 Å². The second-order valence-corrected chi connectivity index (χ2v) is 11.2. The monoisotopic (exact) mass is 552 g/mol. The van der Waals surface area contributed by atoms with Crippen LogP contribution in [0.2, 0.25) is 0 Å². The zero-order chi connectivity index (χ0) is 28.3. The van der Waals surface area contributed by atoms with Crippen LogP contribution < -0.4 is 10.1 Å². The lowest BCUT2D eigenvalue weighted by Gasteiger charge is -2.39. The Morgan fingerprint density at radius 3 is 2.21 bits per heavy atom. The van der Waals surface area contributed by atoms with Crippen molar-refractivity contribution in [2.24, 2.45) is 0 Å². The molecule has 1 aliphatic heterocycles. The first-order chi connectivity index (χ1) is 17.6. The highest BCUT2D eigenvalue weighted by atomic mass is 32.2. The Bertz CT molecular complexity index is 1320. The number of carbonyl (C=O) groups excluding carboxylic acids is 2. The lowest BCUT2D eigenvalue weighted by molar-refractivity contribution is -0.274. The first-order valence-corrected chi connectivity index (χ1v) is 13.0. The van der Waals surface area contributed by atoms with Crippen LogP contribution in [0.5, 0.6) is 5.75 Å². The molecule has 0 saturated carbocycles. The Labute approximate surface area is 218 Å². The highest BCUT2D eigenvalue weighted by Crippen LogP contribution is 2.27. The molecule has 0 aliphatic carbocycles. The Morgan fingerprint density at radius 1 is 1.08 bits per heavy atom. The smallest absolute Gasteiger partial charge is 0.406 e. The molecule has 1 heterocycles. The lowest BCUT2D eigenvalue weighted by Crippen LogP contribution is -2.61. The summed E-state index contributed by atoms with van der Waals surface area (Å²) in [5, 5.41) is 12.0. The first kappa shape index (κ1) is 28.9. The molecule has 2 aromatic rings. The summed E-state index contributed by atoms with van der Waals surface area (Å²) in [6, 6.07) is 11.7. The summed E-state index contributed by atoms with van der Waals surface area (Å²) >= 11 is 0. The van der Waals surface area contributed by atoms with Gasteiger partial charge in [0.15, 0.2) is 0 Å². The molecule has 1 N–H and O–H groups in total. The molecule has 0 bridgehead atoms. The van der Waals surface area contributed by atoms with E-state index in [0.717, 1.165) is 34.1 Å². The highest BCUT2D eigenvalue weighted by Gasteiger charge is 2.41. The number of nitrogens with one attached hydrogen (secondary N) is 1. The van der Waals surface area contributed by atoms with E-state index in [2.05, 4.69) is 16.1 Å². The summed E-state index contributed by atoms with van der Waals surface area (Å²) in [4.78, 5) is 26.2. The van der Waals surface area contributed by atoms with E-state index < -0.39 is 39.5 Å². The van der Waals surface area contributed by atoms with Crippen LogP contribution in [0.15, 0.2) is 53.4 Å². The maximum atomic E-state index is 13.4. The number of ether oxygens (including phenoxy) is 1. The number of hydrogen-bond donors (Lipinski definition) is 1. The van der Waals surface area contributed by atoms with Gasteiger partial charge in [-0.2, -0.15) is 9.57 Å². The molecule has 1 saturated heterocycles. The van der Waals surface area contributed by atoms with Crippen LogP contribution in [0.4, 0.5) is 13.2 Å². The van der Waals surface area contributed by atoms with E-state index in [4.69, 9.17) is 0 Å². The van der Waals surface area contributed by atoms with Crippen molar-refractivity contribution in [2.45, 2.75) is 50.0 Å². The van der Waals surface area contributed by atoms with Gasteiger partial charge >= 0.3 is 6.36 Å². The van der Waals surface area contributed by atoms with Gasteiger partial charge in [-0.15, -0.1) is 13.2 Å². The summed E-state index contributed by atoms with van der Waals surface area (Å²) < 4.78 is 68.8. The predicted molar refractivity (Wildman–Crippen MR) is 130 cm³/mol. The van der Waals surface area contributed by atoms with E-state index in [0.29, 0.717) is 5.56 Å². The molecule has 0 spiro atoms. The molecule has 2 aromatic carbocycles. The minimum absolute atomic E-state index is 0.0454. The fourth-order valence-corrected chi connectivity index (χ4v) is 5.48. The lowest BCUT2D eigenvalue weighted by atomic mass is 9.86. The zero-order valence-electron chi connectivity index (χ0n) is 20.9. The third-order valence-corrected chi connectivity index (χ3v) is 8.09. The van der Waals surface area contributed by atoms with E-state index in [-0.39, 0.29) is 37.0 Å². The second-order valence-electron chi connectivity index (χ2n) is 9.27. The van der Waals surface area contributed by atoms with Crippen molar-refractivity contribution in [3.8, 4) is 11.8 Å². The van der Waals surface area contributed by atoms with Gasteiger partial charge in [-0.25, -0.2) is 8.42 Å². The third-order valence-electron chi connectivity index (χ3n) is 6.17. The Hall–Kier alpha value is -3.63. The highest BCUT2D eigenvalue weighted by molar-refractivity contribution is 7.89. The standard InChI is InChI=1S/C25H27F3N4O5S/c1-17(33)31-12-13-32(38(35,36)21-10-8-20(9-11-21)37-25(26,27)28)22(15-31)23(34)30-14-18-4-6-19(7-5-18)24(2,3)16-29/h4-11,22H,12-15H2,1-3H3,(H,30,34)/t22-/m1/s1. The molecule has 38 heavy (non-hydrogen) atoms. The number of halogens is 3. The summed E-state index contributed by atoms with van der Waals surface area (Å²) in [6.45, 7) is 4.61. The fraction of sp³-hybridized carbons (Fsp3) is 0.400. The van der Waals surface area contributed by atoms with Crippen molar-refractivity contribution < 1.29 is 35.9 Å². The maximum Gasteiger partial charge on any atom is 0.573 e. The number of nitriles is 1. The number of rotatable bonds is 7. The molecule has 1 atom stereocenters. The largest absolute Gasteiger partial charge is 0.573 e. The molecule has 13 heteroatoms. The maximum absolute atomic E-state index is 13.4. The molecule has 3 rings (SSSR count). The number of sulfonamides is 1.